The lowest BCUT2D eigenvalue weighted by Gasteiger charge is -2.17. The average Bonchev–Trinajstić information content (AvgIpc) is 3.08. The first kappa shape index (κ1) is 19.8. The Morgan fingerprint density at radius 2 is 2.07 bits per heavy atom. The van der Waals surface area contributed by atoms with Crippen molar-refractivity contribution in [2.24, 2.45) is 0 Å². The van der Waals surface area contributed by atoms with Crippen molar-refractivity contribution in [3.8, 4) is 17.4 Å². The van der Waals surface area contributed by atoms with Gasteiger partial charge in [0.2, 0.25) is 0 Å². The molecule has 0 aliphatic heterocycles. The summed E-state index contributed by atoms with van der Waals surface area (Å²) in [5.41, 5.74) is 0.243. The minimum atomic E-state index is -4.55. The third-order valence-corrected chi connectivity index (χ3v) is 3.96. The fraction of sp³-hybridized carbons (Fsp3) is 0.412. The van der Waals surface area contributed by atoms with Crippen LogP contribution in [0.5, 0.6) is 6.01 Å². The van der Waals surface area contributed by atoms with Crippen molar-refractivity contribution in [2.45, 2.75) is 19.1 Å². The summed E-state index contributed by atoms with van der Waals surface area (Å²) in [4.78, 5) is 29.0. The summed E-state index contributed by atoms with van der Waals surface area (Å²) in [7, 11) is 3.92. The molecule has 0 aliphatic carbocycles. The van der Waals surface area contributed by atoms with Gasteiger partial charge < -0.3 is 14.2 Å². The molecule has 0 aromatic carbocycles. The Balaban J connectivity index is 2.01. The normalized spacial score (nSPS) is 13.2. The zero-order valence-electron chi connectivity index (χ0n) is 15.5. The van der Waals surface area contributed by atoms with Gasteiger partial charge in [0, 0.05) is 25.0 Å². The summed E-state index contributed by atoms with van der Waals surface area (Å²) in [5.74, 6) is 0. The fourth-order valence-electron chi connectivity index (χ4n) is 2.77. The predicted molar refractivity (Wildman–Crippen MR) is 96.2 cm³/mol. The van der Waals surface area contributed by atoms with E-state index in [9.17, 15) is 18.0 Å². The van der Waals surface area contributed by atoms with Crippen LogP contribution in [0.25, 0.3) is 22.3 Å². The van der Waals surface area contributed by atoms with Crippen LogP contribution in [0.15, 0.2) is 29.6 Å². The van der Waals surface area contributed by atoms with Gasteiger partial charge in [-0.3, -0.25) is 14.8 Å². The molecule has 150 valence electrons. The van der Waals surface area contributed by atoms with Gasteiger partial charge in [-0.1, -0.05) is 0 Å². The number of alkyl halides is 3. The summed E-state index contributed by atoms with van der Waals surface area (Å²) in [6.45, 7) is 1.24. The second kappa shape index (κ2) is 7.58. The number of aromatic nitrogens is 5. The molecule has 3 aromatic rings. The molecule has 3 rings (SSSR count). The molecule has 28 heavy (non-hydrogen) atoms. The van der Waals surface area contributed by atoms with Crippen LogP contribution < -0.4 is 10.3 Å². The SMILES string of the molecule is CC(CN(C)C)n1cnc(-c2nccc3c(=O)[nH]c(OCC(F)(F)F)nc23)c1. The number of fused-ring (bicyclic) bond motifs is 1. The standard InChI is InChI=1S/C17H19F3N6O2/c1-10(6-25(2)3)26-7-12(22-9-26)14-13-11(4-5-21-14)15(27)24-16(23-13)28-8-17(18,19)20/h4-5,7,9-10H,6,8H2,1-3H3,(H,23,24,27). The maximum absolute atomic E-state index is 12.4. The number of aromatic amines is 1. The lowest BCUT2D eigenvalue weighted by Crippen LogP contribution is -2.22. The average molecular weight is 396 g/mol. The Hall–Kier alpha value is -2.95. The number of hydrogen-bond donors (Lipinski definition) is 1. The third kappa shape index (κ3) is 4.47. The molecular weight excluding hydrogens is 377 g/mol. The molecule has 0 fully saturated rings. The van der Waals surface area contributed by atoms with Crippen molar-refractivity contribution in [1.29, 1.82) is 0 Å². The predicted octanol–water partition coefficient (Wildman–Crippen LogP) is 2.25. The fourth-order valence-corrected chi connectivity index (χ4v) is 2.77. The van der Waals surface area contributed by atoms with Gasteiger partial charge in [0.25, 0.3) is 11.6 Å². The van der Waals surface area contributed by atoms with Crippen LogP contribution in [0.2, 0.25) is 0 Å². The number of imidazole rings is 1. The summed E-state index contributed by atoms with van der Waals surface area (Å²) in [5, 5.41) is 0.181. The summed E-state index contributed by atoms with van der Waals surface area (Å²) in [6.07, 6.45) is 0.271. The highest BCUT2D eigenvalue weighted by Crippen LogP contribution is 2.24. The highest BCUT2D eigenvalue weighted by molar-refractivity contribution is 5.89. The minimum absolute atomic E-state index is 0.119. The van der Waals surface area contributed by atoms with Crippen molar-refractivity contribution in [3.05, 3.63) is 35.1 Å². The number of likely N-dealkylation sites (N-methyl/N-ethyl adjacent to an activating group) is 1. The van der Waals surface area contributed by atoms with E-state index in [0.29, 0.717) is 5.69 Å². The molecule has 0 radical (unpaired) electrons. The smallest absolute Gasteiger partial charge is 0.422 e. The van der Waals surface area contributed by atoms with Crippen LogP contribution in [0.1, 0.15) is 13.0 Å². The summed E-state index contributed by atoms with van der Waals surface area (Å²) in [6, 6.07) is 1.04. The lowest BCUT2D eigenvalue weighted by atomic mass is 10.2. The monoisotopic (exact) mass is 396 g/mol. The van der Waals surface area contributed by atoms with E-state index in [1.807, 2.05) is 30.5 Å². The van der Waals surface area contributed by atoms with Crippen LogP contribution in [-0.4, -0.2) is 62.8 Å². The van der Waals surface area contributed by atoms with Gasteiger partial charge in [-0.15, -0.1) is 0 Å². The molecule has 0 aliphatic rings. The second-order valence-corrected chi connectivity index (χ2v) is 6.65. The van der Waals surface area contributed by atoms with Crippen molar-refractivity contribution in [2.75, 3.05) is 27.2 Å². The molecule has 3 heterocycles. The zero-order valence-corrected chi connectivity index (χ0v) is 15.5. The number of hydrogen-bond acceptors (Lipinski definition) is 6. The second-order valence-electron chi connectivity index (χ2n) is 6.65. The van der Waals surface area contributed by atoms with Crippen molar-refractivity contribution in [3.63, 3.8) is 0 Å². The Kier molecular flexibility index (Phi) is 5.36. The van der Waals surface area contributed by atoms with E-state index in [0.717, 1.165) is 6.54 Å². The van der Waals surface area contributed by atoms with Crippen LogP contribution in [-0.2, 0) is 0 Å². The maximum Gasteiger partial charge on any atom is 0.422 e. The number of rotatable bonds is 6. The van der Waals surface area contributed by atoms with E-state index in [4.69, 9.17) is 0 Å². The largest absolute Gasteiger partial charge is 0.455 e. The zero-order chi connectivity index (χ0) is 20.5. The molecule has 1 unspecified atom stereocenters. The van der Waals surface area contributed by atoms with E-state index >= 15 is 0 Å². The quantitative estimate of drug-likeness (QED) is 0.688. The number of halogens is 3. The first-order valence-corrected chi connectivity index (χ1v) is 8.41. The minimum Gasteiger partial charge on any atom is -0.455 e. The third-order valence-electron chi connectivity index (χ3n) is 3.96. The summed E-state index contributed by atoms with van der Waals surface area (Å²) < 4.78 is 43.7. The van der Waals surface area contributed by atoms with E-state index in [1.54, 1.807) is 12.5 Å². The number of ether oxygens (including phenoxy) is 1. The number of nitrogens with one attached hydrogen (secondary N) is 1. The Labute approximate surface area is 158 Å². The Morgan fingerprint density at radius 1 is 1.32 bits per heavy atom. The first-order chi connectivity index (χ1) is 13.1. The van der Waals surface area contributed by atoms with Gasteiger partial charge >= 0.3 is 6.18 Å². The van der Waals surface area contributed by atoms with Crippen molar-refractivity contribution >= 4 is 10.9 Å². The van der Waals surface area contributed by atoms with Gasteiger partial charge in [-0.25, -0.2) is 4.98 Å². The highest BCUT2D eigenvalue weighted by atomic mass is 19.4. The van der Waals surface area contributed by atoms with E-state index in [2.05, 4.69) is 24.7 Å². The van der Waals surface area contributed by atoms with Crippen molar-refractivity contribution < 1.29 is 17.9 Å². The summed E-state index contributed by atoms with van der Waals surface area (Å²) >= 11 is 0. The molecule has 0 amide bonds. The van der Waals surface area contributed by atoms with Crippen LogP contribution in [0.3, 0.4) is 0 Å². The van der Waals surface area contributed by atoms with Gasteiger partial charge in [0.1, 0.15) is 16.9 Å². The molecule has 0 saturated carbocycles. The van der Waals surface area contributed by atoms with Gasteiger partial charge in [-0.2, -0.15) is 18.2 Å². The molecule has 3 aromatic heterocycles. The number of pyridine rings is 1. The van der Waals surface area contributed by atoms with Crippen molar-refractivity contribution in [1.82, 2.24) is 29.4 Å². The molecule has 8 nitrogen and oxygen atoms in total. The van der Waals surface area contributed by atoms with Crippen LogP contribution >= 0.6 is 0 Å². The first-order valence-electron chi connectivity index (χ1n) is 8.41. The molecular formula is C17H19F3N6O2. The molecule has 11 heteroatoms. The highest BCUT2D eigenvalue weighted by Gasteiger charge is 2.29. The molecule has 1 atom stereocenters. The van der Waals surface area contributed by atoms with Gasteiger partial charge in [0.15, 0.2) is 6.61 Å². The topological polar surface area (TPSA) is 88.9 Å². The molecule has 0 spiro atoms. The Bertz CT molecular complexity index is 1030. The van der Waals surface area contributed by atoms with E-state index in [-0.39, 0.29) is 22.6 Å². The van der Waals surface area contributed by atoms with Crippen LogP contribution in [0, 0.1) is 0 Å². The molecule has 0 saturated heterocycles. The van der Waals surface area contributed by atoms with Gasteiger partial charge in [0.05, 0.1) is 11.7 Å². The molecule has 0 bridgehead atoms. The lowest BCUT2D eigenvalue weighted by molar-refractivity contribution is -0.154. The molecule has 1 N–H and O–H groups in total. The van der Waals surface area contributed by atoms with Gasteiger partial charge in [-0.05, 0) is 27.1 Å². The number of nitrogens with zero attached hydrogens (tertiary/aromatic N) is 5. The van der Waals surface area contributed by atoms with Crippen LogP contribution in [0.4, 0.5) is 13.2 Å². The maximum atomic E-state index is 12.4. The van der Waals surface area contributed by atoms with E-state index in [1.165, 1.54) is 12.3 Å². The Morgan fingerprint density at radius 3 is 2.75 bits per heavy atom. The van der Waals surface area contributed by atoms with E-state index < -0.39 is 24.4 Å². The number of H-pyrrole nitrogens is 1.